The van der Waals surface area contributed by atoms with E-state index < -0.39 is 0 Å². The standard InChI is InChI=1S/C9H13ClN2/c10-5-2-1-3-8-7-12-6-4-9(8)11/h4,6-7H,1-3,5H2,(H2,11,12). The van der Waals surface area contributed by atoms with Crippen molar-refractivity contribution in [2.75, 3.05) is 11.6 Å². The monoisotopic (exact) mass is 184 g/mol. The van der Waals surface area contributed by atoms with E-state index in [1.54, 1.807) is 6.20 Å². The largest absolute Gasteiger partial charge is 0.398 e. The summed E-state index contributed by atoms with van der Waals surface area (Å²) < 4.78 is 0. The van der Waals surface area contributed by atoms with E-state index in [1.165, 1.54) is 0 Å². The van der Waals surface area contributed by atoms with Gasteiger partial charge in [0.15, 0.2) is 0 Å². The Morgan fingerprint density at radius 3 is 2.92 bits per heavy atom. The summed E-state index contributed by atoms with van der Waals surface area (Å²) in [6.07, 6.45) is 6.63. The van der Waals surface area contributed by atoms with Crippen LogP contribution in [0, 0.1) is 0 Å². The predicted octanol–water partition coefficient (Wildman–Crippen LogP) is 2.23. The molecule has 0 unspecified atom stereocenters. The summed E-state index contributed by atoms with van der Waals surface area (Å²) in [5.41, 5.74) is 7.69. The van der Waals surface area contributed by atoms with Crippen LogP contribution in [0.3, 0.4) is 0 Å². The Morgan fingerprint density at radius 2 is 2.25 bits per heavy atom. The third-order valence-electron chi connectivity index (χ3n) is 1.77. The fourth-order valence-corrected chi connectivity index (χ4v) is 1.25. The second-order valence-corrected chi connectivity index (χ2v) is 3.10. The zero-order valence-electron chi connectivity index (χ0n) is 6.96. The normalized spacial score (nSPS) is 10.1. The highest BCUT2D eigenvalue weighted by molar-refractivity contribution is 6.17. The lowest BCUT2D eigenvalue weighted by atomic mass is 10.1. The molecular formula is C9H13ClN2. The van der Waals surface area contributed by atoms with Crippen molar-refractivity contribution in [3.05, 3.63) is 24.0 Å². The molecule has 2 N–H and O–H groups in total. The zero-order valence-corrected chi connectivity index (χ0v) is 7.72. The lowest BCUT2D eigenvalue weighted by molar-refractivity contribution is 0.798. The summed E-state index contributed by atoms with van der Waals surface area (Å²) in [7, 11) is 0. The lowest BCUT2D eigenvalue weighted by Crippen LogP contribution is -1.95. The van der Waals surface area contributed by atoms with Crippen LogP contribution in [-0.2, 0) is 6.42 Å². The first kappa shape index (κ1) is 9.33. The Labute approximate surface area is 77.8 Å². The predicted molar refractivity (Wildman–Crippen MR) is 52.3 cm³/mol. The van der Waals surface area contributed by atoms with Crippen LogP contribution in [0.4, 0.5) is 5.69 Å². The number of nitrogen functional groups attached to an aromatic ring is 1. The van der Waals surface area contributed by atoms with Crippen molar-refractivity contribution in [1.82, 2.24) is 4.98 Å². The maximum atomic E-state index is 5.73. The first-order valence-electron chi connectivity index (χ1n) is 4.09. The summed E-state index contributed by atoms with van der Waals surface area (Å²) in [5, 5.41) is 0. The topological polar surface area (TPSA) is 38.9 Å². The highest BCUT2D eigenvalue weighted by Gasteiger charge is 1.97. The van der Waals surface area contributed by atoms with Crippen molar-refractivity contribution in [3.63, 3.8) is 0 Å². The Bertz CT molecular complexity index is 238. The van der Waals surface area contributed by atoms with E-state index in [4.69, 9.17) is 17.3 Å². The Balaban J connectivity index is 2.46. The molecule has 0 aromatic carbocycles. The molecule has 1 rings (SSSR count). The molecule has 0 saturated heterocycles. The third-order valence-corrected chi connectivity index (χ3v) is 2.04. The number of unbranched alkanes of at least 4 members (excludes halogenated alkanes) is 1. The minimum atomic E-state index is 0.722. The quantitative estimate of drug-likeness (QED) is 0.576. The molecule has 0 aliphatic heterocycles. The van der Waals surface area contributed by atoms with Crippen LogP contribution < -0.4 is 5.73 Å². The van der Waals surface area contributed by atoms with E-state index in [9.17, 15) is 0 Å². The molecule has 66 valence electrons. The van der Waals surface area contributed by atoms with E-state index in [0.717, 1.165) is 36.4 Å². The van der Waals surface area contributed by atoms with Crippen LogP contribution in [0.5, 0.6) is 0 Å². The fraction of sp³-hybridized carbons (Fsp3) is 0.444. The van der Waals surface area contributed by atoms with Crippen LogP contribution >= 0.6 is 11.6 Å². The van der Waals surface area contributed by atoms with Gasteiger partial charge in [0, 0.05) is 24.0 Å². The smallest absolute Gasteiger partial charge is 0.0377 e. The Kier molecular flexibility index (Phi) is 3.88. The number of aryl methyl sites for hydroxylation is 1. The summed E-state index contributed by atoms with van der Waals surface area (Å²) >= 11 is 5.56. The van der Waals surface area contributed by atoms with Gasteiger partial charge in [-0.1, -0.05) is 0 Å². The van der Waals surface area contributed by atoms with Crippen molar-refractivity contribution in [2.24, 2.45) is 0 Å². The number of rotatable bonds is 4. The van der Waals surface area contributed by atoms with E-state index in [2.05, 4.69) is 4.98 Å². The van der Waals surface area contributed by atoms with Crippen molar-refractivity contribution in [1.29, 1.82) is 0 Å². The van der Waals surface area contributed by atoms with E-state index >= 15 is 0 Å². The molecule has 0 spiro atoms. The van der Waals surface area contributed by atoms with Gasteiger partial charge in [0.2, 0.25) is 0 Å². The van der Waals surface area contributed by atoms with Gasteiger partial charge in [0.05, 0.1) is 0 Å². The van der Waals surface area contributed by atoms with Crippen molar-refractivity contribution >= 4 is 17.3 Å². The highest BCUT2D eigenvalue weighted by Crippen LogP contribution is 2.11. The molecule has 0 aliphatic carbocycles. The first-order valence-corrected chi connectivity index (χ1v) is 4.62. The van der Waals surface area contributed by atoms with Crippen LogP contribution in [0.15, 0.2) is 18.5 Å². The minimum absolute atomic E-state index is 0.722. The number of hydrogen-bond acceptors (Lipinski definition) is 2. The number of nitrogens with two attached hydrogens (primary N) is 1. The number of nitrogens with zero attached hydrogens (tertiary/aromatic N) is 1. The second-order valence-electron chi connectivity index (χ2n) is 2.72. The average Bonchev–Trinajstić information content (AvgIpc) is 2.09. The number of hydrogen-bond donors (Lipinski definition) is 1. The molecule has 3 heteroatoms. The number of alkyl halides is 1. The molecule has 1 heterocycles. The average molecular weight is 185 g/mol. The molecule has 0 bridgehead atoms. The molecule has 12 heavy (non-hydrogen) atoms. The molecule has 0 amide bonds. The van der Waals surface area contributed by atoms with Crippen LogP contribution in [0.1, 0.15) is 18.4 Å². The van der Waals surface area contributed by atoms with Crippen molar-refractivity contribution in [2.45, 2.75) is 19.3 Å². The Hall–Kier alpha value is -0.760. The van der Waals surface area contributed by atoms with Gasteiger partial charge in [-0.15, -0.1) is 11.6 Å². The van der Waals surface area contributed by atoms with Gasteiger partial charge < -0.3 is 5.73 Å². The zero-order chi connectivity index (χ0) is 8.81. The molecule has 0 saturated carbocycles. The number of halogens is 1. The van der Waals surface area contributed by atoms with E-state index in [1.807, 2.05) is 12.3 Å². The SMILES string of the molecule is Nc1ccncc1CCCCCl. The molecule has 0 aliphatic rings. The molecule has 0 radical (unpaired) electrons. The van der Waals surface area contributed by atoms with Crippen molar-refractivity contribution < 1.29 is 0 Å². The second kappa shape index (κ2) is 4.99. The summed E-state index contributed by atoms with van der Waals surface area (Å²) in [6.45, 7) is 0. The van der Waals surface area contributed by atoms with Gasteiger partial charge in [0.1, 0.15) is 0 Å². The molecule has 1 aromatic heterocycles. The maximum absolute atomic E-state index is 5.73. The molecule has 0 fully saturated rings. The van der Waals surface area contributed by atoms with E-state index in [0.29, 0.717) is 0 Å². The molecule has 1 aromatic rings. The summed E-state index contributed by atoms with van der Waals surface area (Å²) in [6, 6.07) is 1.83. The van der Waals surface area contributed by atoms with Gasteiger partial charge in [0.25, 0.3) is 0 Å². The van der Waals surface area contributed by atoms with E-state index in [-0.39, 0.29) is 0 Å². The van der Waals surface area contributed by atoms with Crippen LogP contribution in [0.2, 0.25) is 0 Å². The van der Waals surface area contributed by atoms with Crippen LogP contribution in [-0.4, -0.2) is 10.9 Å². The van der Waals surface area contributed by atoms with Crippen molar-refractivity contribution in [3.8, 4) is 0 Å². The highest BCUT2D eigenvalue weighted by atomic mass is 35.5. The summed E-state index contributed by atoms with van der Waals surface area (Å²) in [5.74, 6) is 0.722. The first-order chi connectivity index (χ1) is 5.84. The van der Waals surface area contributed by atoms with Gasteiger partial charge in [-0.3, -0.25) is 4.98 Å². The number of anilines is 1. The molecular weight excluding hydrogens is 172 g/mol. The fourth-order valence-electron chi connectivity index (χ4n) is 1.06. The van der Waals surface area contributed by atoms with Gasteiger partial charge in [-0.05, 0) is 30.9 Å². The van der Waals surface area contributed by atoms with Gasteiger partial charge in [-0.2, -0.15) is 0 Å². The van der Waals surface area contributed by atoms with Gasteiger partial charge in [-0.25, -0.2) is 0 Å². The molecule has 0 atom stereocenters. The maximum Gasteiger partial charge on any atom is 0.0377 e. The Morgan fingerprint density at radius 1 is 1.42 bits per heavy atom. The number of aromatic nitrogens is 1. The molecule has 2 nitrogen and oxygen atoms in total. The van der Waals surface area contributed by atoms with Crippen LogP contribution in [0.25, 0.3) is 0 Å². The lowest BCUT2D eigenvalue weighted by Gasteiger charge is -2.02. The van der Waals surface area contributed by atoms with Gasteiger partial charge >= 0.3 is 0 Å². The number of pyridine rings is 1. The summed E-state index contributed by atoms with van der Waals surface area (Å²) in [4.78, 5) is 4.01. The third kappa shape index (κ3) is 2.70. The minimum Gasteiger partial charge on any atom is -0.398 e.